The Bertz CT molecular complexity index is 977. The monoisotopic (exact) mass is 361 g/mol. The van der Waals surface area contributed by atoms with Crippen LogP contribution in [0.5, 0.6) is 0 Å². The normalized spacial score (nSPS) is 24.5. The third-order valence-corrected chi connectivity index (χ3v) is 6.30. The molecule has 2 aromatic heterocycles. The molecule has 4 heterocycles. The molecule has 2 unspecified atom stereocenters. The van der Waals surface area contributed by atoms with Crippen LogP contribution in [0.1, 0.15) is 47.5 Å². The fourth-order valence-electron chi connectivity index (χ4n) is 5.09. The molecule has 5 heteroatoms. The van der Waals surface area contributed by atoms with Crippen LogP contribution < -0.4 is 0 Å². The Hall–Kier alpha value is -2.69. The molecule has 2 bridgehead atoms. The summed E-state index contributed by atoms with van der Waals surface area (Å²) >= 11 is 0. The van der Waals surface area contributed by atoms with E-state index in [1.807, 2.05) is 19.3 Å². The number of aryl methyl sites for hydroxylation is 1. The van der Waals surface area contributed by atoms with Crippen LogP contribution in [0.2, 0.25) is 0 Å². The lowest BCUT2D eigenvalue weighted by atomic mass is 9.84. The van der Waals surface area contributed by atoms with E-state index in [0.717, 1.165) is 32.1 Å². The van der Waals surface area contributed by atoms with E-state index < -0.39 is 0 Å². The fraction of sp³-hybridized carbons (Fsp3) is 0.409. The van der Waals surface area contributed by atoms with Gasteiger partial charge in [-0.2, -0.15) is 0 Å². The number of piperidine rings is 1. The van der Waals surface area contributed by atoms with E-state index in [1.54, 1.807) is 0 Å². The van der Waals surface area contributed by atoms with E-state index in [1.165, 1.54) is 22.7 Å². The maximum Gasteiger partial charge on any atom is 0.276 e. The van der Waals surface area contributed by atoms with Crippen LogP contribution in [-0.2, 0) is 6.42 Å². The van der Waals surface area contributed by atoms with Gasteiger partial charge in [0.25, 0.3) is 5.91 Å². The van der Waals surface area contributed by atoms with E-state index in [4.69, 9.17) is 4.42 Å². The molecule has 0 N–H and O–H groups in total. The predicted molar refractivity (Wildman–Crippen MR) is 102 cm³/mol. The minimum Gasteiger partial charge on any atom is -0.448 e. The van der Waals surface area contributed by atoms with E-state index in [9.17, 15) is 4.79 Å². The fourth-order valence-corrected chi connectivity index (χ4v) is 5.09. The molecule has 2 atom stereocenters. The highest BCUT2D eigenvalue weighted by Crippen LogP contribution is 2.41. The largest absolute Gasteiger partial charge is 0.448 e. The van der Waals surface area contributed by atoms with Crippen molar-refractivity contribution in [3.63, 3.8) is 0 Å². The summed E-state index contributed by atoms with van der Waals surface area (Å²) in [6.45, 7) is 1.81. The van der Waals surface area contributed by atoms with Crippen molar-refractivity contribution in [1.82, 2.24) is 14.9 Å². The van der Waals surface area contributed by atoms with Crippen molar-refractivity contribution in [2.45, 2.75) is 51.1 Å². The van der Waals surface area contributed by atoms with Gasteiger partial charge in [0.05, 0.1) is 0 Å². The van der Waals surface area contributed by atoms with Gasteiger partial charge in [-0.05, 0) is 62.0 Å². The van der Waals surface area contributed by atoms with Crippen LogP contribution in [0.25, 0.3) is 10.8 Å². The average Bonchev–Trinajstić information content (AvgIpc) is 3.22. The molecule has 5 nitrogen and oxygen atoms in total. The van der Waals surface area contributed by atoms with Gasteiger partial charge in [0.2, 0.25) is 0 Å². The number of rotatable bonds is 3. The van der Waals surface area contributed by atoms with Gasteiger partial charge in [-0.15, -0.1) is 0 Å². The molecule has 138 valence electrons. The Morgan fingerprint density at radius 2 is 2.04 bits per heavy atom. The van der Waals surface area contributed by atoms with Gasteiger partial charge in [0.1, 0.15) is 5.76 Å². The molecule has 2 fully saturated rings. The van der Waals surface area contributed by atoms with Gasteiger partial charge in [-0.25, -0.2) is 4.98 Å². The Balaban J connectivity index is 1.36. The van der Waals surface area contributed by atoms with Crippen molar-refractivity contribution in [1.29, 1.82) is 0 Å². The standard InChI is InChI=1S/C22H23N3O2/c1-14-21(24-13-27-14)22(26)25-18-5-6-19(25)11-15(10-18)9-17-4-2-3-16-7-8-23-12-20(16)17/h2-4,7-8,12-13,15,18-19H,5-6,9-11H2,1H3. The number of hydrogen-bond acceptors (Lipinski definition) is 4. The molecule has 0 saturated carbocycles. The molecule has 2 aliphatic rings. The van der Waals surface area contributed by atoms with Gasteiger partial charge in [-0.3, -0.25) is 9.78 Å². The molecule has 0 radical (unpaired) electrons. The van der Waals surface area contributed by atoms with Crippen LogP contribution in [0.15, 0.2) is 47.5 Å². The van der Waals surface area contributed by atoms with E-state index in [0.29, 0.717) is 29.5 Å². The summed E-state index contributed by atoms with van der Waals surface area (Å²) in [7, 11) is 0. The highest BCUT2D eigenvalue weighted by atomic mass is 16.3. The highest BCUT2D eigenvalue weighted by Gasteiger charge is 2.44. The summed E-state index contributed by atoms with van der Waals surface area (Å²) in [5.74, 6) is 1.27. The lowest BCUT2D eigenvalue weighted by Gasteiger charge is -2.39. The smallest absolute Gasteiger partial charge is 0.276 e. The topological polar surface area (TPSA) is 59.2 Å². The van der Waals surface area contributed by atoms with Gasteiger partial charge in [0, 0.05) is 29.9 Å². The molecule has 1 aromatic carbocycles. The number of benzene rings is 1. The zero-order chi connectivity index (χ0) is 18.4. The molecule has 27 heavy (non-hydrogen) atoms. The molecule has 1 amide bonds. The van der Waals surface area contributed by atoms with E-state index >= 15 is 0 Å². The number of carbonyl (C=O) groups is 1. The van der Waals surface area contributed by atoms with E-state index in [-0.39, 0.29) is 5.91 Å². The van der Waals surface area contributed by atoms with E-state index in [2.05, 4.69) is 39.1 Å². The van der Waals surface area contributed by atoms with Crippen LogP contribution in [-0.4, -0.2) is 32.9 Å². The summed E-state index contributed by atoms with van der Waals surface area (Å²) in [5, 5.41) is 2.50. The molecule has 2 aliphatic heterocycles. The summed E-state index contributed by atoms with van der Waals surface area (Å²) in [5.41, 5.74) is 1.85. The third kappa shape index (κ3) is 2.82. The minimum atomic E-state index is 0.0431. The van der Waals surface area contributed by atoms with Crippen molar-refractivity contribution in [2.75, 3.05) is 0 Å². The van der Waals surface area contributed by atoms with Crippen molar-refractivity contribution in [3.8, 4) is 0 Å². The Morgan fingerprint density at radius 1 is 1.22 bits per heavy atom. The Kier molecular flexibility index (Phi) is 3.96. The maximum atomic E-state index is 13.0. The summed E-state index contributed by atoms with van der Waals surface area (Å²) in [4.78, 5) is 23.5. The van der Waals surface area contributed by atoms with Crippen LogP contribution in [0.4, 0.5) is 0 Å². The number of carbonyl (C=O) groups excluding carboxylic acids is 1. The van der Waals surface area contributed by atoms with Crippen LogP contribution >= 0.6 is 0 Å². The number of nitrogens with zero attached hydrogens (tertiary/aromatic N) is 3. The summed E-state index contributed by atoms with van der Waals surface area (Å²) < 4.78 is 5.24. The number of aromatic nitrogens is 2. The zero-order valence-electron chi connectivity index (χ0n) is 15.5. The van der Waals surface area contributed by atoms with Crippen LogP contribution in [0, 0.1) is 12.8 Å². The molecular weight excluding hydrogens is 338 g/mol. The molecule has 5 rings (SSSR count). The van der Waals surface area contributed by atoms with Crippen molar-refractivity contribution < 1.29 is 9.21 Å². The number of hydrogen-bond donors (Lipinski definition) is 0. The number of pyridine rings is 1. The Morgan fingerprint density at radius 3 is 2.78 bits per heavy atom. The first-order chi connectivity index (χ1) is 13.2. The highest BCUT2D eigenvalue weighted by molar-refractivity contribution is 5.93. The minimum absolute atomic E-state index is 0.0431. The molecule has 0 spiro atoms. The first-order valence-corrected chi connectivity index (χ1v) is 9.75. The number of amides is 1. The molecule has 3 aromatic rings. The molecule has 2 saturated heterocycles. The predicted octanol–water partition coefficient (Wildman–Crippen LogP) is 4.16. The molecule has 0 aliphatic carbocycles. The Labute approximate surface area is 158 Å². The number of oxazole rings is 1. The van der Waals surface area contributed by atoms with Crippen molar-refractivity contribution in [3.05, 3.63) is 60.1 Å². The number of fused-ring (bicyclic) bond motifs is 3. The second-order valence-electron chi connectivity index (χ2n) is 7.91. The van der Waals surface area contributed by atoms with Gasteiger partial charge in [0.15, 0.2) is 12.1 Å². The van der Waals surface area contributed by atoms with Gasteiger partial charge in [-0.1, -0.05) is 18.2 Å². The lowest BCUT2D eigenvalue weighted by molar-refractivity contribution is 0.0518. The average molecular weight is 361 g/mol. The van der Waals surface area contributed by atoms with Crippen molar-refractivity contribution in [2.24, 2.45) is 5.92 Å². The summed E-state index contributed by atoms with van der Waals surface area (Å²) in [6.07, 6.45) is 10.6. The quantitative estimate of drug-likeness (QED) is 0.703. The zero-order valence-corrected chi connectivity index (χ0v) is 15.5. The van der Waals surface area contributed by atoms with Gasteiger partial charge < -0.3 is 9.32 Å². The third-order valence-electron chi connectivity index (χ3n) is 6.30. The van der Waals surface area contributed by atoms with Crippen molar-refractivity contribution >= 4 is 16.7 Å². The second-order valence-corrected chi connectivity index (χ2v) is 7.91. The first-order valence-electron chi connectivity index (χ1n) is 9.75. The maximum absolute atomic E-state index is 13.0. The van der Waals surface area contributed by atoms with Crippen LogP contribution in [0.3, 0.4) is 0 Å². The SMILES string of the molecule is Cc1ocnc1C(=O)N1C2CCC1CC(Cc1cccc3ccncc13)C2. The summed E-state index contributed by atoms with van der Waals surface area (Å²) in [6, 6.07) is 9.23. The second kappa shape index (κ2) is 6.48. The molecular formula is C22H23N3O2. The first kappa shape index (κ1) is 16.5. The van der Waals surface area contributed by atoms with Gasteiger partial charge >= 0.3 is 0 Å². The lowest BCUT2D eigenvalue weighted by Crippen LogP contribution is -2.47.